The number of allylic oxidation sites excluding steroid dienone is 1. The molecule has 2 aromatic rings. The molecule has 4 nitrogen and oxygen atoms in total. The summed E-state index contributed by atoms with van der Waals surface area (Å²) in [5, 5.41) is 2.97. The molecule has 2 rings (SSSR count). The molecule has 1 unspecified atom stereocenters. The van der Waals surface area contributed by atoms with Crippen molar-refractivity contribution in [2.45, 2.75) is 19.7 Å². The van der Waals surface area contributed by atoms with E-state index < -0.39 is 6.36 Å². The Morgan fingerprint density at radius 2 is 2.27 bits per heavy atom. The summed E-state index contributed by atoms with van der Waals surface area (Å²) in [6.45, 7) is 5.31. The average Bonchev–Trinajstić information content (AvgIpc) is 2.78. The second-order valence-corrected chi connectivity index (χ2v) is 5.64. The minimum absolute atomic E-state index is 0.217. The van der Waals surface area contributed by atoms with Crippen LogP contribution in [-0.4, -0.2) is 17.3 Å². The number of nitrogens with zero attached hydrogens (tertiary/aromatic N) is 1. The third-order valence-corrected chi connectivity index (χ3v) is 3.73. The van der Waals surface area contributed by atoms with Gasteiger partial charge in [0.2, 0.25) is 5.91 Å². The maximum atomic E-state index is 12.2. The van der Waals surface area contributed by atoms with E-state index in [2.05, 4.69) is 21.6 Å². The molecular formula is C14H13F3N2O2S. The van der Waals surface area contributed by atoms with E-state index in [1.807, 2.05) is 0 Å². The third-order valence-electron chi connectivity index (χ3n) is 2.79. The standard InChI is InChI=1S/C14H13F3N2O2S/c1-3-4-8(2)12(20)19-13-18-10-6-5-9(7-11(10)22-13)21-14(15,16)17/h3,5-8H,1,4H2,2H3,(H,18,19,20). The molecule has 0 bridgehead atoms. The van der Waals surface area contributed by atoms with Crippen LogP contribution in [0.1, 0.15) is 13.3 Å². The Hall–Kier alpha value is -2.09. The number of alkyl halides is 3. The summed E-state index contributed by atoms with van der Waals surface area (Å²) >= 11 is 1.09. The molecule has 8 heteroatoms. The van der Waals surface area contributed by atoms with Crippen molar-refractivity contribution in [2.75, 3.05) is 5.32 Å². The quantitative estimate of drug-likeness (QED) is 0.830. The van der Waals surface area contributed by atoms with Crippen LogP contribution in [0.3, 0.4) is 0 Å². The Balaban J connectivity index is 2.16. The van der Waals surface area contributed by atoms with Crippen LogP contribution >= 0.6 is 11.3 Å². The molecule has 0 saturated carbocycles. The van der Waals surface area contributed by atoms with Gasteiger partial charge in [0.15, 0.2) is 5.13 Å². The number of fused-ring (bicyclic) bond motifs is 1. The number of aromatic nitrogens is 1. The lowest BCUT2D eigenvalue weighted by molar-refractivity contribution is -0.274. The number of amides is 1. The Kier molecular flexibility index (Phi) is 4.70. The van der Waals surface area contributed by atoms with Gasteiger partial charge in [-0.3, -0.25) is 4.79 Å². The topological polar surface area (TPSA) is 51.2 Å². The SMILES string of the molecule is C=CCC(C)C(=O)Nc1nc2ccc(OC(F)(F)F)cc2s1. The van der Waals surface area contributed by atoms with Gasteiger partial charge in [-0.15, -0.1) is 19.8 Å². The number of hydrogen-bond donors (Lipinski definition) is 1. The predicted molar refractivity (Wildman–Crippen MR) is 78.9 cm³/mol. The van der Waals surface area contributed by atoms with Crippen LogP contribution in [0.5, 0.6) is 5.75 Å². The number of halogens is 3. The number of ether oxygens (including phenoxy) is 1. The Labute approximate surface area is 128 Å². The van der Waals surface area contributed by atoms with Crippen molar-refractivity contribution in [3.05, 3.63) is 30.9 Å². The molecule has 0 aliphatic carbocycles. The minimum Gasteiger partial charge on any atom is -0.406 e. The zero-order valence-electron chi connectivity index (χ0n) is 11.6. The number of carbonyl (C=O) groups is 1. The van der Waals surface area contributed by atoms with Crippen molar-refractivity contribution in [3.8, 4) is 5.75 Å². The Morgan fingerprint density at radius 1 is 1.55 bits per heavy atom. The number of rotatable bonds is 5. The van der Waals surface area contributed by atoms with E-state index in [0.29, 0.717) is 21.8 Å². The van der Waals surface area contributed by atoms with Crippen LogP contribution in [0.25, 0.3) is 10.2 Å². The van der Waals surface area contributed by atoms with Crippen LogP contribution in [0, 0.1) is 5.92 Å². The summed E-state index contributed by atoms with van der Waals surface area (Å²) in [6, 6.07) is 3.83. The minimum atomic E-state index is -4.74. The highest BCUT2D eigenvalue weighted by molar-refractivity contribution is 7.22. The largest absolute Gasteiger partial charge is 0.573 e. The normalized spacial score (nSPS) is 12.9. The van der Waals surface area contributed by atoms with Crippen LogP contribution in [0.4, 0.5) is 18.3 Å². The Morgan fingerprint density at radius 3 is 2.91 bits per heavy atom. The van der Waals surface area contributed by atoms with Crippen molar-refractivity contribution in [3.63, 3.8) is 0 Å². The molecular weight excluding hydrogens is 317 g/mol. The molecule has 1 atom stereocenters. The van der Waals surface area contributed by atoms with E-state index in [9.17, 15) is 18.0 Å². The lowest BCUT2D eigenvalue weighted by atomic mass is 10.1. The second kappa shape index (κ2) is 6.35. The number of thiazole rings is 1. The maximum Gasteiger partial charge on any atom is 0.573 e. The molecule has 118 valence electrons. The van der Waals surface area contributed by atoms with Gasteiger partial charge in [-0.1, -0.05) is 24.3 Å². The first-order chi connectivity index (χ1) is 10.3. The van der Waals surface area contributed by atoms with Gasteiger partial charge >= 0.3 is 6.36 Å². The number of carbonyl (C=O) groups excluding carboxylic acids is 1. The molecule has 0 aliphatic rings. The van der Waals surface area contributed by atoms with Gasteiger partial charge in [0, 0.05) is 12.0 Å². The second-order valence-electron chi connectivity index (χ2n) is 4.61. The zero-order chi connectivity index (χ0) is 16.3. The lowest BCUT2D eigenvalue weighted by Crippen LogP contribution is -2.19. The first kappa shape index (κ1) is 16.3. The smallest absolute Gasteiger partial charge is 0.406 e. The van der Waals surface area contributed by atoms with Crippen LogP contribution in [-0.2, 0) is 4.79 Å². The highest BCUT2D eigenvalue weighted by Crippen LogP contribution is 2.31. The summed E-state index contributed by atoms with van der Waals surface area (Å²) in [5.41, 5.74) is 0.492. The van der Waals surface area contributed by atoms with E-state index in [4.69, 9.17) is 0 Å². The van der Waals surface area contributed by atoms with Crippen molar-refractivity contribution in [1.82, 2.24) is 4.98 Å². The molecule has 1 N–H and O–H groups in total. The number of hydrogen-bond acceptors (Lipinski definition) is 4. The summed E-state index contributed by atoms with van der Waals surface area (Å²) in [7, 11) is 0. The van der Waals surface area contributed by atoms with Crippen molar-refractivity contribution >= 4 is 32.6 Å². The fraction of sp³-hybridized carbons (Fsp3) is 0.286. The summed E-state index contributed by atoms with van der Waals surface area (Å²) in [6.07, 6.45) is -2.57. The average molecular weight is 330 g/mol. The number of nitrogens with one attached hydrogen (secondary N) is 1. The van der Waals surface area contributed by atoms with E-state index in [0.717, 1.165) is 11.3 Å². The summed E-state index contributed by atoms with van der Waals surface area (Å²) < 4.78 is 40.9. The third kappa shape index (κ3) is 4.20. The highest BCUT2D eigenvalue weighted by atomic mass is 32.1. The number of benzene rings is 1. The monoisotopic (exact) mass is 330 g/mol. The van der Waals surface area contributed by atoms with Gasteiger partial charge in [-0.2, -0.15) is 0 Å². The predicted octanol–water partition coefficient (Wildman–Crippen LogP) is 4.35. The van der Waals surface area contributed by atoms with E-state index in [1.165, 1.54) is 18.2 Å². The fourth-order valence-electron chi connectivity index (χ4n) is 1.74. The molecule has 0 radical (unpaired) electrons. The zero-order valence-corrected chi connectivity index (χ0v) is 12.4. The van der Waals surface area contributed by atoms with Gasteiger partial charge in [0.1, 0.15) is 5.75 Å². The molecule has 22 heavy (non-hydrogen) atoms. The van der Waals surface area contributed by atoms with E-state index >= 15 is 0 Å². The van der Waals surface area contributed by atoms with Gasteiger partial charge in [0.05, 0.1) is 10.2 Å². The maximum absolute atomic E-state index is 12.2. The van der Waals surface area contributed by atoms with Gasteiger partial charge < -0.3 is 10.1 Å². The summed E-state index contributed by atoms with van der Waals surface area (Å²) in [5.74, 6) is -0.791. The van der Waals surface area contributed by atoms with E-state index in [1.54, 1.807) is 13.0 Å². The molecule has 1 aromatic heterocycles. The van der Waals surface area contributed by atoms with E-state index in [-0.39, 0.29) is 17.6 Å². The molecule has 0 spiro atoms. The molecule has 0 saturated heterocycles. The van der Waals surface area contributed by atoms with Crippen LogP contribution < -0.4 is 10.1 Å². The Bertz CT molecular complexity index is 697. The van der Waals surface area contributed by atoms with Crippen molar-refractivity contribution in [2.24, 2.45) is 5.92 Å². The van der Waals surface area contributed by atoms with Crippen molar-refractivity contribution < 1.29 is 22.7 Å². The van der Waals surface area contributed by atoms with Crippen LogP contribution in [0.15, 0.2) is 30.9 Å². The first-order valence-corrected chi connectivity index (χ1v) is 7.18. The van der Waals surface area contributed by atoms with Crippen molar-refractivity contribution in [1.29, 1.82) is 0 Å². The van der Waals surface area contributed by atoms with Crippen LogP contribution in [0.2, 0.25) is 0 Å². The highest BCUT2D eigenvalue weighted by Gasteiger charge is 2.31. The summed E-state index contributed by atoms with van der Waals surface area (Å²) in [4.78, 5) is 16.0. The molecule has 1 heterocycles. The van der Waals surface area contributed by atoms with Gasteiger partial charge in [0.25, 0.3) is 0 Å². The van der Waals surface area contributed by atoms with Gasteiger partial charge in [-0.05, 0) is 18.6 Å². The molecule has 0 aliphatic heterocycles. The lowest BCUT2D eigenvalue weighted by Gasteiger charge is -2.07. The molecule has 1 amide bonds. The van der Waals surface area contributed by atoms with Gasteiger partial charge in [-0.25, -0.2) is 4.98 Å². The fourth-order valence-corrected chi connectivity index (χ4v) is 2.64. The molecule has 0 fully saturated rings. The number of anilines is 1. The first-order valence-electron chi connectivity index (χ1n) is 6.36. The molecule has 1 aromatic carbocycles.